The second kappa shape index (κ2) is 8.86. The molecule has 26 heavy (non-hydrogen) atoms. The maximum atomic E-state index is 12.4. The third-order valence-corrected chi connectivity index (χ3v) is 4.88. The van der Waals surface area contributed by atoms with Gasteiger partial charge in [0.1, 0.15) is 0 Å². The molecule has 0 bridgehead atoms. The molecular formula is C18H18BrN3O3S. The van der Waals surface area contributed by atoms with Crippen molar-refractivity contribution >= 4 is 50.5 Å². The van der Waals surface area contributed by atoms with Crippen molar-refractivity contribution in [3.05, 3.63) is 68.2 Å². The fourth-order valence-corrected chi connectivity index (χ4v) is 3.01. The van der Waals surface area contributed by atoms with Crippen LogP contribution in [-0.2, 0) is 0 Å². The number of nitro groups is 1. The minimum Gasteiger partial charge on any atom is -0.332 e. The third kappa shape index (κ3) is 4.86. The van der Waals surface area contributed by atoms with E-state index in [4.69, 9.17) is 12.2 Å². The van der Waals surface area contributed by atoms with Gasteiger partial charge in [0.15, 0.2) is 5.11 Å². The lowest BCUT2D eigenvalue weighted by molar-refractivity contribution is -0.384. The highest BCUT2D eigenvalue weighted by Crippen LogP contribution is 2.26. The van der Waals surface area contributed by atoms with Crippen molar-refractivity contribution in [3.63, 3.8) is 0 Å². The number of carbonyl (C=O) groups excluding carboxylic acids is 1. The van der Waals surface area contributed by atoms with Crippen molar-refractivity contribution in [1.82, 2.24) is 5.32 Å². The number of non-ortho nitro benzene ring substituents is 1. The van der Waals surface area contributed by atoms with Crippen molar-refractivity contribution < 1.29 is 9.72 Å². The number of benzene rings is 2. The zero-order valence-corrected chi connectivity index (χ0v) is 16.7. The molecule has 136 valence electrons. The number of nitrogens with one attached hydrogen (secondary N) is 2. The van der Waals surface area contributed by atoms with Crippen LogP contribution in [0.2, 0.25) is 0 Å². The lowest BCUT2D eigenvalue weighted by atomic mass is 9.97. The lowest BCUT2D eigenvalue weighted by Crippen LogP contribution is -2.34. The summed E-state index contributed by atoms with van der Waals surface area (Å²) < 4.78 is 0.448. The molecule has 6 nitrogen and oxygen atoms in total. The van der Waals surface area contributed by atoms with Crippen LogP contribution in [0.1, 0.15) is 42.1 Å². The maximum Gasteiger partial charge on any atom is 0.270 e. The Labute approximate surface area is 165 Å². The van der Waals surface area contributed by atoms with Crippen molar-refractivity contribution in [2.45, 2.75) is 26.2 Å². The van der Waals surface area contributed by atoms with Gasteiger partial charge in [0.25, 0.3) is 11.6 Å². The van der Waals surface area contributed by atoms with Crippen LogP contribution in [0.4, 0.5) is 11.4 Å². The molecule has 1 amide bonds. The summed E-state index contributed by atoms with van der Waals surface area (Å²) in [4.78, 5) is 22.8. The summed E-state index contributed by atoms with van der Waals surface area (Å²) >= 11 is 8.46. The largest absolute Gasteiger partial charge is 0.332 e. The van der Waals surface area contributed by atoms with Crippen molar-refractivity contribution in [2.24, 2.45) is 0 Å². The van der Waals surface area contributed by atoms with Gasteiger partial charge in [-0.15, -0.1) is 0 Å². The van der Waals surface area contributed by atoms with Gasteiger partial charge in [-0.2, -0.15) is 0 Å². The molecule has 0 unspecified atom stereocenters. The second-order valence-corrected chi connectivity index (χ2v) is 6.99. The normalized spacial score (nSPS) is 11.5. The van der Waals surface area contributed by atoms with Crippen LogP contribution < -0.4 is 10.6 Å². The molecule has 0 aliphatic rings. The first-order chi connectivity index (χ1) is 12.3. The number of thiocarbonyl (C=S) groups is 1. The molecule has 0 saturated heterocycles. The van der Waals surface area contributed by atoms with Gasteiger partial charge in [-0.25, -0.2) is 0 Å². The molecular weight excluding hydrogens is 418 g/mol. The summed E-state index contributed by atoms with van der Waals surface area (Å²) in [6.45, 7) is 4.21. The van der Waals surface area contributed by atoms with E-state index in [1.165, 1.54) is 18.2 Å². The second-order valence-electron chi connectivity index (χ2n) is 5.73. The zero-order valence-electron chi connectivity index (χ0n) is 14.3. The van der Waals surface area contributed by atoms with E-state index in [0.29, 0.717) is 10.4 Å². The first kappa shape index (κ1) is 20.0. The maximum absolute atomic E-state index is 12.4. The summed E-state index contributed by atoms with van der Waals surface area (Å²) in [6, 6.07) is 11.7. The quantitative estimate of drug-likeness (QED) is 0.392. The number of hydrogen-bond donors (Lipinski definition) is 2. The van der Waals surface area contributed by atoms with Crippen LogP contribution in [-0.4, -0.2) is 15.9 Å². The predicted molar refractivity (Wildman–Crippen MR) is 110 cm³/mol. The highest BCUT2D eigenvalue weighted by Gasteiger charge is 2.17. The Hall–Kier alpha value is -2.32. The van der Waals surface area contributed by atoms with Crippen LogP contribution in [0.25, 0.3) is 0 Å². The van der Waals surface area contributed by atoms with Crippen LogP contribution in [0, 0.1) is 10.1 Å². The van der Waals surface area contributed by atoms with E-state index in [9.17, 15) is 14.9 Å². The number of anilines is 1. The van der Waals surface area contributed by atoms with Gasteiger partial charge in [-0.05, 0) is 58.2 Å². The number of rotatable bonds is 5. The number of nitrogens with zero attached hydrogens (tertiary/aromatic N) is 1. The summed E-state index contributed by atoms with van der Waals surface area (Å²) in [5.41, 5.74) is 1.89. The molecule has 0 radical (unpaired) electrons. The van der Waals surface area contributed by atoms with E-state index in [1.807, 2.05) is 24.3 Å². The summed E-state index contributed by atoms with van der Waals surface area (Å²) in [7, 11) is 0. The lowest BCUT2D eigenvalue weighted by Gasteiger charge is -2.17. The topological polar surface area (TPSA) is 84.3 Å². The molecule has 2 rings (SSSR count). The Kier molecular flexibility index (Phi) is 6.82. The Bertz CT molecular complexity index is 857. The van der Waals surface area contributed by atoms with Gasteiger partial charge in [0.2, 0.25) is 0 Å². The Morgan fingerprint density at radius 1 is 1.31 bits per heavy atom. The standard InChI is InChI=1S/C18H18BrN3O3S/c1-3-11(2)13-6-4-5-7-16(13)20-18(26)21-17(23)14-10-12(22(24)25)8-9-15(14)19/h4-11H,3H2,1-2H3,(H2,20,21,23,26)/t11-/m1/s1. The summed E-state index contributed by atoms with van der Waals surface area (Å²) in [5.74, 6) is -0.192. The summed E-state index contributed by atoms with van der Waals surface area (Å²) in [6.07, 6.45) is 0.971. The first-order valence-corrected chi connectivity index (χ1v) is 9.18. The SMILES string of the molecule is CC[C@@H](C)c1ccccc1NC(=S)NC(=O)c1cc([N+](=O)[O-])ccc1Br. The van der Waals surface area contributed by atoms with E-state index in [1.54, 1.807) is 0 Å². The molecule has 1 atom stereocenters. The Morgan fingerprint density at radius 2 is 2.00 bits per heavy atom. The van der Waals surface area contributed by atoms with Crippen LogP contribution in [0.3, 0.4) is 0 Å². The average Bonchev–Trinajstić information content (AvgIpc) is 2.61. The zero-order chi connectivity index (χ0) is 19.3. The Balaban J connectivity index is 2.15. The van der Waals surface area contributed by atoms with E-state index in [-0.39, 0.29) is 16.4 Å². The monoisotopic (exact) mass is 435 g/mol. The van der Waals surface area contributed by atoms with Gasteiger partial charge in [-0.1, -0.05) is 32.0 Å². The van der Waals surface area contributed by atoms with Gasteiger partial charge in [0, 0.05) is 22.3 Å². The first-order valence-electron chi connectivity index (χ1n) is 7.98. The molecule has 0 fully saturated rings. The highest BCUT2D eigenvalue weighted by atomic mass is 79.9. The number of hydrogen-bond acceptors (Lipinski definition) is 4. The van der Waals surface area contributed by atoms with E-state index < -0.39 is 10.8 Å². The molecule has 0 spiro atoms. The number of halogens is 1. The molecule has 8 heteroatoms. The number of para-hydroxylation sites is 1. The minimum atomic E-state index is -0.553. The van der Waals surface area contributed by atoms with Crippen LogP contribution in [0.15, 0.2) is 46.9 Å². The molecule has 2 aromatic rings. The van der Waals surface area contributed by atoms with Crippen molar-refractivity contribution in [3.8, 4) is 0 Å². The number of nitro benzene ring substituents is 1. The van der Waals surface area contributed by atoms with E-state index >= 15 is 0 Å². The third-order valence-electron chi connectivity index (χ3n) is 3.98. The van der Waals surface area contributed by atoms with Gasteiger partial charge < -0.3 is 5.32 Å². The number of carbonyl (C=O) groups is 1. The van der Waals surface area contributed by atoms with E-state index in [0.717, 1.165) is 17.7 Å². The van der Waals surface area contributed by atoms with E-state index in [2.05, 4.69) is 40.4 Å². The fourth-order valence-electron chi connectivity index (χ4n) is 2.39. The highest BCUT2D eigenvalue weighted by molar-refractivity contribution is 9.10. The average molecular weight is 436 g/mol. The van der Waals surface area contributed by atoms with Crippen LogP contribution >= 0.6 is 28.1 Å². The molecule has 0 saturated carbocycles. The molecule has 2 aromatic carbocycles. The van der Waals surface area contributed by atoms with Gasteiger partial charge in [0.05, 0.1) is 10.5 Å². The molecule has 0 heterocycles. The fraction of sp³-hybridized carbons (Fsp3) is 0.222. The Morgan fingerprint density at radius 3 is 2.65 bits per heavy atom. The predicted octanol–water partition coefficient (Wildman–Crippen LogP) is 5.00. The molecule has 0 aromatic heterocycles. The molecule has 0 aliphatic heterocycles. The molecule has 0 aliphatic carbocycles. The van der Waals surface area contributed by atoms with Crippen molar-refractivity contribution in [2.75, 3.05) is 5.32 Å². The van der Waals surface area contributed by atoms with Crippen molar-refractivity contribution in [1.29, 1.82) is 0 Å². The molecule has 2 N–H and O–H groups in total. The number of amides is 1. The van der Waals surface area contributed by atoms with Gasteiger partial charge >= 0.3 is 0 Å². The summed E-state index contributed by atoms with van der Waals surface area (Å²) in [5, 5.41) is 16.6. The van der Waals surface area contributed by atoms with Gasteiger partial charge in [-0.3, -0.25) is 20.2 Å². The minimum absolute atomic E-state index is 0.129. The smallest absolute Gasteiger partial charge is 0.270 e. The van der Waals surface area contributed by atoms with Crippen LogP contribution in [0.5, 0.6) is 0 Å².